The fourth-order valence-electron chi connectivity index (χ4n) is 6.85. The van der Waals surface area contributed by atoms with Crippen molar-refractivity contribution in [3.8, 4) is 0 Å². The van der Waals surface area contributed by atoms with E-state index < -0.39 is 6.10 Å². The minimum Gasteiger partial charge on any atom is -0.462 e. The highest BCUT2D eigenvalue weighted by atomic mass is 16.6. The smallest absolute Gasteiger partial charge is 0.306 e. The molecule has 0 bridgehead atoms. The minimum atomic E-state index is -0.776. The van der Waals surface area contributed by atoms with E-state index in [9.17, 15) is 14.4 Å². The van der Waals surface area contributed by atoms with E-state index >= 15 is 0 Å². The van der Waals surface area contributed by atoms with Crippen LogP contribution in [-0.2, 0) is 28.6 Å². The number of carbonyl (C=O) groups excluding carboxylic acids is 3. The molecular formula is C51H92O6. The van der Waals surface area contributed by atoms with Crippen LogP contribution in [0.25, 0.3) is 0 Å². The molecule has 0 aromatic rings. The van der Waals surface area contributed by atoms with Crippen molar-refractivity contribution in [2.75, 3.05) is 13.2 Å². The maximum absolute atomic E-state index is 12.7. The molecule has 0 aromatic carbocycles. The van der Waals surface area contributed by atoms with Crippen LogP contribution in [0.3, 0.4) is 0 Å². The maximum atomic E-state index is 12.7. The third-order valence-corrected chi connectivity index (χ3v) is 10.5. The summed E-state index contributed by atoms with van der Waals surface area (Å²) in [6.45, 7) is 6.50. The summed E-state index contributed by atoms with van der Waals surface area (Å²) in [5.41, 5.74) is 0. The molecule has 1 atom stereocenters. The Morgan fingerprint density at radius 2 is 0.614 bits per heavy atom. The Balaban J connectivity index is 4.26. The van der Waals surface area contributed by atoms with E-state index in [0.29, 0.717) is 19.3 Å². The summed E-state index contributed by atoms with van der Waals surface area (Å²) in [7, 11) is 0. The average molecular weight is 801 g/mol. The van der Waals surface area contributed by atoms with Crippen LogP contribution in [0.5, 0.6) is 0 Å². The van der Waals surface area contributed by atoms with Gasteiger partial charge in [0, 0.05) is 19.3 Å². The molecule has 0 fully saturated rings. The highest BCUT2D eigenvalue weighted by Crippen LogP contribution is 2.15. The Kier molecular flexibility index (Phi) is 44.4. The van der Waals surface area contributed by atoms with Crippen LogP contribution < -0.4 is 0 Å². The van der Waals surface area contributed by atoms with Crippen molar-refractivity contribution in [2.45, 2.75) is 258 Å². The summed E-state index contributed by atoms with van der Waals surface area (Å²) in [5, 5.41) is 0. The second-order valence-electron chi connectivity index (χ2n) is 16.4. The Bertz CT molecular complexity index is 969. The van der Waals surface area contributed by atoms with Gasteiger partial charge in [0.2, 0.25) is 0 Å². The lowest BCUT2D eigenvalue weighted by molar-refractivity contribution is -0.167. The number of ether oxygens (including phenoxy) is 3. The van der Waals surface area contributed by atoms with Crippen LogP contribution in [0.1, 0.15) is 252 Å². The molecule has 6 heteroatoms. The van der Waals surface area contributed by atoms with Gasteiger partial charge in [-0.2, -0.15) is 0 Å². The highest BCUT2D eigenvalue weighted by Gasteiger charge is 2.19. The van der Waals surface area contributed by atoms with Crippen molar-refractivity contribution in [3.63, 3.8) is 0 Å². The van der Waals surface area contributed by atoms with E-state index in [-0.39, 0.29) is 31.1 Å². The largest absolute Gasteiger partial charge is 0.462 e. The van der Waals surface area contributed by atoms with E-state index in [1.807, 2.05) is 0 Å². The third kappa shape index (κ3) is 44.6. The Labute approximate surface area is 353 Å². The molecule has 1 unspecified atom stereocenters. The maximum Gasteiger partial charge on any atom is 0.306 e. The van der Waals surface area contributed by atoms with Gasteiger partial charge in [0.25, 0.3) is 0 Å². The Morgan fingerprint density at radius 1 is 0.333 bits per heavy atom. The van der Waals surface area contributed by atoms with Crippen molar-refractivity contribution < 1.29 is 28.6 Å². The molecular weight excluding hydrogens is 709 g/mol. The molecule has 0 aliphatic carbocycles. The molecule has 332 valence electrons. The number of hydrogen-bond acceptors (Lipinski definition) is 6. The monoisotopic (exact) mass is 801 g/mol. The quantitative estimate of drug-likeness (QED) is 0.0264. The Hall–Kier alpha value is -2.37. The standard InChI is InChI=1S/C51H92O6/c1-4-7-10-13-16-19-22-23-24-25-26-27-28-29-30-33-35-38-41-44-50(53)56-47-48(57-51(54)45-42-39-36-32-21-18-15-12-9-6-3)46-55-49(52)43-40-37-34-31-20-17-14-11-8-5-2/h11-12,14-15,23-24,48H,4-10,13,16-22,25-47H2,1-3H3/b14-11-,15-12-,24-23-. The first-order chi connectivity index (χ1) is 28.0. The normalized spacial score (nSPS) is 12.3. The fourth-order valence-corrected chi connectivity index (χ4v) is 6.85. The number of hydrogen-bond donors (Lipinski definition) is 0. The van der Waals surface area contributed by atoms with Crippen molar-refractivity contribution in [2.24, 2.45) is 0 Å². The van der Waals surface area contributed by atoms with Gasteiger partial charge in [0.15, 0.2) is 6.10 Å². The number of unbranched alkanes of at least 4 members (excludes halogenated alkanes) is 27. The molecule has 0 amide bonds. The fraction of sp³-hybridized carbons (Fsp3) is 0.824. The summed E-state index contributed by atoms with van der Waals surface area (Å²) in [4.78, 5) is 37.7. The van der Waals surface area contributed by atoms with Crippen LogP contribution in [0.4, 0.5) is 0 Å². The van der Waals surface area contributed by atoms with Gasteiger partial charge in [-0.25, -0.2) is 0 Å². The molecule has 0 radical (unpaired) electrons. The lowest BCUT2D eigenvalue weighted by Crippen LogP contribution is -2.30. The summed E-state index contributed by atoms with van der Waals surface area (Å²) >= 11 is 0. The highest BCUT2D eigenvalue weighted by molar-refractivity contribution is 5.71. The van der Waals surface area contributed by atoms with E-state index in [2.05, 4.69) is 57.2 Å². The molecule has 0 saturated heterocycles. The zero-order chi connectivity index (χ0) is 41.5. The molecule has 0 heterocycles. The van der Waals surface area contributed by atoms with Gasteiger partial charge in [-0.05, 0) is 83.5 Å². The van der Waals surface area contributed by atoms with E-state index in [0.717, 1.165) is 89.9 Å². The molecule has 0 aromatic heterocycles. The molecule has 0 spiro atoms. The lowest BCUT2D eigenvalue weighted by Gasteiger charge is -2.18. The van der Waals surface area contributed by atoms with Crippen molar-refractivity contribution >= 4 is 17.9 Å². The van der Waals surface area contributed by atoms with E-state index in [4.69, 9.17) is 14.2 Å². The van der Waals surface area contributed by atoms with Crippen LogP contribution in [0.2, 0.25) is 0 Å². The van der Waals surface area contributed by atoms with Gasteiger partial charge >= 0.3 is 17.9 Å². The number of rotatable bonds is 44. The molecule has 0 saturated carbocycles. The second kappa shape index (κ2) is 46.3. The third-order valence-electron chi connectivity index (χ3n) is 10.5. The molecule has 57 heavy (non-hydrogen) atoms. The van der Waals surface area contributed by atoms with Gasteiger partial charge < -0.3 is 14.2 Å². The van der Waals surface area contributed by atoms with Gasteiger partial charge in [0.05, 0.1) is 0 Å². The molecule has 0 N–H and O–H groups in total. The van der Waals surface area contributed by atoms with Gasteiger partial charge in [0.1, 0.15) is 13.2 Å². The number of carbonyl (C=O) groups is 3. The van der Waals surface area contributed by atoms with Crippen molar-refractivity contribution in [1.82, 2.24) is 0 Å². The predicted octanol–water partition coefficient (Wildman–Crippen LogP) is 15.8. The zero-order valence-electron chi connectivity index (χ0n) is 37.9. The first-order valence-electron chi connectivity index (χ1n) is 24.5. The minimum absolute atomic E-state index is 0.0784. The number of esters is 3. The topological polar surface area (TPSA) is 78.9 Å². The molecule has 0 rings (SSSR count). The van der Waals surface area contributed by atoms with Crippen LogP contribution in [-0.4, -0.2) is 37.2 Å². The van der Waals surface area contributed by atoms with Crippen LogP contribution in [0, 0.1) is 0 Å². The van der Waals surface area contributed by atoms with Crippen LogP contribution in [0.15, 0.2) is 36.5 Å². The first-order valence-corrected chi connectivity index (χ1v) is 24.5. The summed E-state index contributed by atoms with van der Waals surface area (Å²) < 4.78 is 16.7. The summed E-state index contributed by atoms with van der Waals surface area (Å²) in [6.07, 6.45) is 52.8. The SMILES string of the molecule is CCC/C=C\CCCCCCCC(=O)OCC(COC(=O)CCCCCCCCCCC/C=C\CCCCCCCC)OC(=O)CCCCCCC/C=C\CCC. The summed E-state index contributed by atoms with van der Waals surface area (Å²) in [6, 6.07) is 0. The Morgan fingerprint density at radius 3 is 0.947 bits per heavy atom. The second-order valence-corrected chi connectivity index (χ2v) is 16.4. The molecule has 0 aliphatic heterocycles. The number of allylic oxidation sites excluding steroid dienone is 6. The lowest BCUT2D eigenvalue weighted by atomic mass is 10.1. The van der Waals surface area contributed by atoms with Crippen molar-refractivity contribution in [1.29, 1.82) is 0 Å². The van der Waals surface area contributed by atoms with E-state index in [1.165, 1.54) is 122 Å². The molecule has 0 aliphatic rings. The first kappa shape index (κ1) is 54.6. The van der Waals surface area contributed by atoms with Crippen molar-refractivity contribution in [3.05, 3.63) is 36.5 Å². The average Bonchev–Trinajstić information content (AvgIpc) is 3.21. The van der Waals surface area contributed by atoms with Gasteiger partial charge in [-0.15, -0.1) is 0 Å². The van der Waals surface area contributed by atoms with E-state index in [1.54, 1.807) is 0 Å². The molecule has 6 nitrogen and oxygen atoms in total. The van der Waals surface area contributed by atoms with Gasteiger partial charge in [-0.3, -0.25) is 14.4 Å². The van der Waals surface area contributed by atoms with Gasteiger partial charge in [-0.1, -0.05) is 186 Å². The zero-order valence-corrected chi connectivity index (χ0v) is 37.9. The predicted molar refractivity (Wildman–Crippen MR) is 242 cm³/mol. The summed E-state index contributed by atoms with van der Waals surface area (Å²) in [5.74, 6) is -0.899. The van der Waals surface area contributed by atoms with Crippen LogP contribution >= 0.6 is 0 Å².